The van der Waals surface area contributed by atoms with Crippen LogP contribution in [0.5, 0.6) is 0 Å². The van der Waals surface area contributed by atoms with Crippen molar-refractivity contribution in [1.82, 2.24) is 0 Å². The smallest absolute Gasteiger partial charge is 0.309 e. The van der Waals surface area contributed by atoms with Crippen LogP contribution in [0.3, 0.4) is 0 Å². The summed E-state index contributed by atoms with van der Waals surface area (Å²) in [7, 11) is 1.62. The molecule has 0 heterocycles. The lowest BCUT2D eigenvalue weighted by molar-refractivity contribution is -0.180. The van der Waals surface area contributed by atoms with Crippen LogP contribution in [0, 0.1) is 5.92 Å². The zero-order valence-electron chi connectivity index (χ0n) is 13.2. The van der Waals surface area contributed by atoms with Crippen LogP contribution >= 0.6 is 0 Å². The molecule has 0 saturated heterocycles. The number of allylic oxidation sites excluding steroid dienone is 1. The van der Waals surface area contributed by atoms with E-state index in [1.807, 2.05) is 12.2 Å². The lowest BCUT2D eigenvalue weighted by atomic mass is 9.87. The predicted octanol–water partition coefficient (Wildman–Crippen LogP) is 2.47. The molecule has 0 fully saturated rings. The third-order valence-electron chi connectivity index (χ3n) is 3.33. The minimum Gasteiger partial charge on any atom is -0.448 e. The molecule has 2 atom stereocenters. The summed E-state index contributed by atoms with van der Waals surface area (Å²) in [6.45, 7) is 8.53. The molecule has 0 aliphatic heterocycles. The molecule has 21 heavy (non-hydrogen) atoms. The number of ether oxygens (including phenoxy) is 4. The van der Waals surface area contributed by atoms with Gasteiger partial charge in [0.05, 0.1) is 19.1 Å². The van der Waals surface area contributed by atoms with E-state index in [2.05, 4.69) is 6.58 Å². The van der Waals surface area contributed by atoms with Crippen molar-refractivity contribution in [2.45, 2.75) is 38.4 Å². The highest BCUT2D eigenvalue weighted by Crippen LogP contribution is 2.31. The largest absolute Gasteiger partial charge is 0.448 e. The SMILES string of the molecule is C=C[C@]1(OC(=O)C(C)C)C=CCC[C@H]1OCOCCOC. The number of methoxy groups -OCH3 is 1. The second-order valence-electron chi connectivity index (χ2n) is 5.29. The minimum atomic E-state index is -0.912. The van der Waals surface area contributed by atoms with Crippen LogP contribution in [0.2, 0.25) is 0 Å². The quantitative estimate of drug-likeness (QED) is 0.283. The van der Waals surface area contributed by atoms with Crippen molar-refractivity contribution in [3.63, 3.8) is 0 Å². The maximum Gasteiger partial charge on any atom is 0.309 e. The molecule has 0 N–H and O–H groups in total. The molecular formula is C16H26O5. The number of carbonyl (C=O) groups excluding carboxylic acids is 1. The van der Waals surface area contributed by atoms with Gasteiger partial charge in [-0.15, -0.1) is 0 Å². The number of hydrogen-bond donors (Lipinski definition) is 0. The van der Waals surface area contributed by atoms with Gasteiger partial charge in [0.2, 0.25) is 0 Å². The van der Waals surface area contributed by atoms with E-state index < -0.39 is 5.60 Å². The Hall–Kier alpha value is -1.17. The van der Waals surface area contributed by atoms with E-state index in [9.17, 15) is 4.79 Å². The average molecular weight is 298 g/mol. The first kappa shape index (κ1) is 17.9. The van der Waals surface area contributed by atoms with Gasteiger partial charge in [-0.25, -0.2) is 0 Å². The van der Waals surface area contributed by atoms with Gasteiger partial charge in [-0.2, -0.15) is 0 Å². The molecule has 0 unspecified atom stereocenters. The summed E-state index contributed by atoms with van der Waals surface area (Å²) in [5.41, 5.74) is -0.912. The molecule has 0 aromatic rings. The fraction of sp³-hybridized carbons (Fsp3) is 0.688. The third kappa shape index (κ3) is 5.26. The van der Waals surface area contributed by atoms with Crippen molar-refractivity contribution in [2.24, 2.45) is 5.92 Å². The maximum atomic E-state index is 11.9. The number of carbonyl (C=O) groups is 1. The van der Waals surface area contributed by atoms with E-state index in [4.69, 9.17) is 18.9 Å². The minimum absolute atomic E-state index is 0.136. The Morgan fingerprint density at radius 2 is 2.24 bits per heavy atom. The molecule has 0 saturated carbocycles. The van der Waals surface area contributed by atoms with Crippen molar-refractivity contribution in [1.29, 1.82) is 0 Å². The van der Waals surface area contributed by atoms with Gasteiger partial charge in [-0.05, 0) is 25.0 Å². The van der Waals surface area contributed by atoms with E-state index in [0.29, 0.717) is 13.2 Å². The van der Waals surface area contributed by atoms with Gasteiger partial charge >= 0.3 is 5.97 Å². The molecule has 0 radical (unpaired) electrons. The highest BCUT2D eigenvalue weighted by atomic mass is 16.7. The highest BCUT2D eigenvalue weighted by molar-refractivity contribution is 5.72. The Morgan fingerprint density at radius 1 is 1.48 bits per heavy atom. The fourth-order valence-electron chi connectivity index (χ4n) is 2.03. The van der Waals surface area contributed by atoms with Gasteiger partial charge in [-0.1, -0.05) is 26.5 Å². The number of rotatable bonds is 9. The monoisotopic (exact) mass is 298 g/mol. The number of hydrogen-bond acceptors (Lipinski definition) is 5. The van der Waals surface area contributed by atoms with Crippen molar-refractivity contribution >= 4 is 5.97 Å². The molecule has 1 aliphatic rings. The summed E-state index contributed by atoms with van der Waals surface area (Å²) >= 11 is 0. The van der Waals surface area contributed by atoms with Crippen LogP contribution in [-0.2, 0) is 23.7 Å². The third-order valence-corrected chi connectivity index (χ3v) is 3.33. The summed E-state index contributed by atoms with van der Waals surface area (Å²) in [6, 6.07) is 0. The lowest BCUT2D eigenvalue weighted by Crippen LogP contribution is -2.47. The lowest BCUT2D eigenvalue weighted by Gasteiger charge is -2.37. The van der Waals surface area contributed by atoms with Crippen LogP contribution < -0.4 is 0 Å². The summed E-state index contributed by atoms with van der Waals surface area (Å²) < 4.78 is 21.6. The Balaban J connectivity index is 2.63. The molecule has 1 aliphatic carbocycles. The van der Waals surface area contributed by atoms with Gasteiger partial charge in [0.1, 0.15) is 12.9 Å². The molecule has 0 aromatic heterocycles. The van der Waals surface area contributed by atoms with Crippen LogP contribution in [0.1, 0.15) is 26.7 Å². The highest BCUT2D eigenvalue weighted by Gasteiger charge is 2.40. The molecule has 0 aromatic carbocycles. The second kappa shape index (κ2) is 8.97. The van der Waals surface area contributed by atoms with Crippen LogP contribution in [0.15, 0.2) is 24.8 Å². The zero-order valence-corrected chi connectivity index (χ0v) is 13.2. The normalized spacial score (nSPS) is 25.0. The molecule has 0 amide bonds. The topological polar surface area (TPSA) is 54.0 Å². The molecule has 0 spiro atoms. The first-order valence-corrected chi connectivity index (χ1v) is 7.28. The first-order valence-electron chi connectivity index (χ1n) is 7.28. The summed E-state index contributed by atoms with van der Waals surface area (Å²) in [5, 5.41) is 0. The molecule has 0 bridgehead atoms. The maximum absolute atomic E-state index is 11.9. The molecule has 5 nitrogen and oxygen atoms in total. The van der Waals surface area contributed by atoms with Crippen molar-refractivity contribution < 1.29 is 23.7 Å². The summed E-state index contributed by atoms with van der Waals surface area (Å²) in [4.78, 5) is 11.9. The first-order chi connectivity index (χ1) is 10.1. The Morgan fingerprint density at radius 3 is 2.86 bits per heavy atom. The van der Waals surface area contributed by atoms with Crippen LogP contribution in [0.25, 0.3) is 0 Å². The average Bonchev–Trinajstić information content (AvgIpc) is 2.48. The molecular weight excluding hydrogens is 272 g/mol. The van der Waals surface area contributed by atoms with Gasteiger partial charge in [0, 0.05) is 7.11 Å². The van der Waals surface area contributed by atoms with Crippen LogP contribution in [0.4, 0.5) is 0 Å². The van der Waals surface area contributed by atoms with Gasteiger partial charge in [0.25, 0.3) is 0 Å². The molecule has 120 valence electrons. The van der Waals surface area contributed by atoms with E-state index in [1.165, 1.54) is 0 Å². The van der Waals surface area contributed by atoms with Crippen LogP contribution in [-0.4, -0.2) is 44.8 Å². The summed E-state index contributed by atoms with van der Waals surface area (Å²) in [6.07, 6.45) is 6.80. The van der Waals surface area contributed by atoms with E-state index in [-0.39, 0.29) is 24.8 Å². The van der Waals surface area contributed by atoms with E-state index >= 15 is 0 Å². The van der Waals surface area contributed by atoms with Gasteiger partial charge < -0.3 is 18.9 Å². The Bertz CT molecular complexity index is 364. The predicted molar refractivity (Wildman–Crippen MR) is 79.8 cm³/mol. The number of esters is 1. The molecule has 5 heteroatoms. The zero-order chi connectivity index (χ0) is 15.7. The second-order valence-corrected chi connectivity index (χ2v) is 5.29. The van der Waals surface area contributed by atoms with Gasteiger partial charge in [0.15, 0.2) is 5.60 Å². The standard InChI is InChI=1S/C16H26O5/c1-5-16(21-15(17)13(2)3)9-7-6-8-14(16)20-12-19-11-10-18-4/h5,7,9,13-14H,1,6,8,10-12H2,2-4H3/t14-,16+/m1/s1. The van der Waals surface area contributed by atoms with E-state index in [1.54, 1.807) is 27.0 Å². The summed E-state index contributed by atoms with van der Waals surface area (Å²) in [5.74, 6) is -0.467. The van der Waals surface area contributed by atoms with E-state index in [0.717, 1.165) is 12.8 Å². The van der Waals surface area contributed by atoms with Gasteiger partial charge in [-0.3, -0.25) is 4.79 Å². The Labute approximate surface area is 126 Å². The van der Waals surface area contributed by atoms with Crippen molar-refractivity contribution in [3.8, 4) is 0 Å². The fourth-order valence-corrected chi connectivity index (χ4v) is 2.03. The van der Waals surface area contributed by atoms with Crippen molar-refractivity contribution in [3.05, 3.63) is 24.8 Å². The molecule has 1 rings (SSSR count). The Kier molecular flexibility index (Phi) is 7.64. The van der Waals surface area contributed by atoms with Crippen molar-refractivity contribution in [2.75, 3.05) is 27.1 Å².